The molecule has 1 amide bonds. The van der Waals surface area contributed by atoms with Gasteiger partial charge in [0.05, 0.1) is 19.8 Å². The van der Waals surface area contributed by atoms with Gasteiger partial charge in [0, 0.05) is 12.0 Å². The summed E-state index contributed by atoms with van der Waals surface area (Å²) in [5.74, 6) is 2.62. The van der Waals surface area contributed by atoms with E-state index < -0.39 is 0 Å². The van der Waals surface area contributed by atoms with E-state index in [0.717, 1.165) is 49.6 Å². The maximum absolute atomic E-state index is 13.4. The van der Waals surface area contributed by atoms with Gasteiger partial charge in [0.25, 0.3) is 0 Å². The Morgan fingerprint density at radius 2 is 1.66 bits per heavy atom. The molecule has 1 atom stereocenters. The second-order valence-electron chi connectivity index (χ2n) is 10.3. The molecule has 1 saturated heterocycles. The minimum absolute atomic E-state index is 0.153. The molecule has 0 aromatic heterocycles. The molecule has 0 spiro atoms. The van der Waals surface area contributed by atoms with Gasteiger partial charge in [-0.25, -0.2) is 4.39 Å². The van der Waals surface area contributed by atoms with Crippen molar-refractivity contribution in [2.45, 2.75) is 51.0 Å². The summed E-state index contributed by atoms with van der Waals surface area (Å²) in [6.07, 6.45) is 8.73. The Morgan fingerprint density at radius 1 is 1.07 bits per heavy atom. The zero-order valence-corrected chi connectivity index (χ0v) is 17.3. The number of quaternary nitrogens is 1. The lowest BCUT2D eigenvalue weighted by molar-refractivity contribution is -0.937. The number of benzene rings is 1. The van der Waals surface area contributed by atoms with Crippen molar-refractivity contribution in [3.8, 4) is 0 Å². The maximum Gasteiger partial charge on any atom is 0.220 e. The SMILES string of the molecule is O=C(CC12CC3CC(CC(C3)C1)C2)NC[C@@H](c1ccc(F)cc1)[NH+]1CCOCC1. The average molecular weight is 402 g/mol. The van der Waals surface area contributed by atoms with E-state index in [2.05, 4.69) is 5.32 Å². The number of halogens is 1. The lowest BCUT2D eigenvalue weighted by Crippen LogP contribution is -3.15. The van der Waals surface area contributed by atoms with Crippen LogP contribution in [0.15, 0.2) is 24.3 Å². The van der Waals surface area contributed by atoms with Crippen LogP contribution in [0, 0.1) is 29.0 Å². The molecule has 4 nitrogen and oxygen atoms in total. The molecule has 2 N–H and O–H groups in total. The number of morpholine rings is 1. The molecule has 4 saturated carbocycles. The normalized spacial score (nSPS) is 34.9. The van der Waals surface area contributed by atoms with Crippen molar-refractivity contribution in [1.82, 2.24) is 5.32 Å². The van der Waals surface area contributed by atoms with Crippen molar-refractivity contribution >= 4 is 5.91 Å². The molecule has 1 aromatic carbocycles. The van der Waals surface area contributed by atoms with Gasteiger partial charge in [-0.3, -0.25) is 4.79 Å². The van der Waals surface area contributed by atoms with Crippen molar-refractivity contribution in [1.29, 1.82) is 0 Å². The van der Waals surface area contributed by atoms with Gasteiger partial charge in [-0.15, -0.1) is 0 Å². The first-order valence-electron chi connectivity index (χ1n) is 11.5. The molecule has 158 valence electrons. The Kier molecular flexibility index (Phi) is 5.37. The molecule has 0 unspecified atom stereocenters. The van der Waals surface area contributed by atoms with Crippen LogP contribution in [0.25, 0.3) is 0 Å². The molecule has 1 heterocycles. The molecule has 4 bridgehead atoms. The van der Waals surface area contributed by atoms with Crippen LogP contribution in [-0.4, -0.2) is 38.8 Å². The minimum atomic E-state index is -0.213. The molecule has 1 aliphatic heterocycles. The third kappa shape index (κ3) is 4.22. The van der Waals surface area contributed by atoms with Crippen molar-refractivity contribution in [2.75, 3.05) is 32.8 Å². The molecule has 29 heavy (non-hydrogen) atoms. The first-order chi connectivity index (χ1) is 14.1. The third-order valence-corrected chi connectivity index (χ3v) is 8.10. The number of rotatable bonds is 6. The summed E-state index contributed by atoms with van der Waals surface area (Å²) < 4.78 is 18.9. The first kappa shape index (κ1) is 19.5. The molecule has 0 radical (unpaired) electrons. The smallest absolute Gasteiger partial charge is 0.220 e. The Bertz CT molecular complexity index is 694. The Morgan fingerprint density at radius 3 is 2.24 bits per heavy atom. The highest BCUT2D eigenvalue weighted by atomic mass is 19.1. The fraction of sp³-hybridized carbons (Fsp3) is 0.708. The Balaban J connectivity index is 1.23. The number of ether oxygens (including phenoxy) is 1. The van der Waals surface area contributed by atoms with Crippen LogP contribution in [0.5, 0.6) is 0 Å². The van der Waals surface area contributed by atoms with Gasteiger partial charge in [0.2, 0.25) is 5.91 Å². The lowest BCUT2D eigenvalue weighted by atomic mass is 9.49. The van der Waals surface area contributed by atoms with E-state index in [1.54, 1.807) is 0 Å². The highest BCUT2D eigenvalue weighted by Crippen LogP contribution is 2.61. The minimum Gasteiger partial charge on any atom is -0.370 e. The standard InChI is InChI=1S/C24H33FN2O2/c25-21-3-1-20(2-4-21)22(27-5-7-29-8-6-27)16-26-23(28)15-24-12-17-9-18(13-24)11-19(10-17)14-24/h1-4,17-19,22H,5-16H2,(H,26,28)/p+1/t17?,18?,19?,22-,24?/m0/s1. The monoisotopic (exact) mass is 401 g/mol. The molecular weight excluding hydrogens is 367 g/mol. The largest absolute Gasteiger partial charge is 0.370 e. The van der Waals surface area contributed by atoms with E-state index in [0.29, 0.717) is 13.0 Å². The second-order valence-corrected chi connectivity index (χ2v) is 10.3. The van der Waals surface area contributed by atoms with E-state index >= 15 is 0 Å². The molecule has 5 aliphatic rings. The van der Waals surface area contributed by atoms with E-state index in [1.165, 1.54) is 55.6 Å². The average Bonchev–Trinajstić information content (AvgIpc) is 2.69. The summed E-state index contributed by atoms with van der Waals surface area (Å²) >= 11 is 0. The number of hydrogen-bond donors (Lipinski definition) is 2. The van der Waals surface area contributed by atoms with Crippen LogP contribution in [0.1, 0.15) is 56.6 Å². The molecule has 5 fully saturated rings. The second kappa shape index (κ2) is 7.99. The summed E-state index contributed by atoms with van der Waals surface area (Å²) in [6.45, 7) is 3.95. The van der Waals surface area contributed by atoms with Gasteiger partial charge in [-0.2, -0.15) is 0 Å². The number of carbonyl (C=O) groups excluding carboxylic acids is 1. The van der Waals surface area contributed by atoms with Crippen molar-refractivity contribution in [3.63, 3.8) is 0 Å². The Hall–Kier alpha value is -1.46. The topological polar surface area (TPSA) is 42.8 Å². The van der Waals surface area contributed by atoms with E-state index in [4.69, 9.17) is 4.74 Å². The predicted molar refractivity (Wildman–Crippen MR) is 109 cm³/mol. The number of carbonyl (C=O) groups is 1. The third-order valence-electron chi connectivity index (χ3n) is 8.10. The fourth-order valence-corrected chi connectivity index (χ4v) is 7.30. The number of nitrogens with one attached hydrogen (secondary N) is 2. The highest BCUT2D eigenvalue weighted by molar-refractivity contribution is 5.76. The molecule has 5 heteroatoms. The zero-order valence-electron chi connectivity index (χ0n) is 17.3. The van der Waals surface area contributed by atoms with Crippen molar-refractivity contribution in [3.05, 3.63) is 35.6 Å². The van der Waals surface area contributed by atoms with Crippen LogP contribution < -0.4 is 10.2 Å². The van der Waals surface area contributed by atoms with Crippen molar-refractivity contribution < 1.29 is 18.8 Å². The summed E-state index contributed by atoms with van der Waals surface area (Å²) in [4.78, 5) is 14.4. The fourth-order valence-electron chi connectivity index (χ4n) is 7.30. The van der Waals surface area contributed by atoms with Gasteiger partial charge in [0.1, 0.15) is 24.9 Å². The van der Waals surface area contributed by atoms with Gasteiger partial charge >= 0.3 is 0 Å². The summed E-state index contributed by atoms with van der Waals surface area (Å²) in [7, 11) is 0. The van der Waals surface area contributed by atoms with Crippen LogP contribution in [-0.2, 0) is 9.53 Å². The van der Waals surface area contributed by atoms with Crippen LogP contribution >= 0.6 is 0 Å². The zero-order chi connectivity index (χ0) is 19.8. The maximum atomic E-state index is 13.4. The van der Waals surface area contributed by atoms with E-state index in [1.807, 2.05) is 12.1 Å². The molecular formula is C24H34FN2O2+. The molecule has 1 aromatic rings. The molecule has 4 aliphatic carbocycles. The summed E-state index contributed by atoms with van der Waals surface area (Å²) in [6, 6.07) is 6.94. The van der Waals surface area contributed by atoms with Crippen molar-refractivity contribution in [2.24, 2.45) is 23.2 Å². The van der Waals surface area contributed by atoms with Gasteiger partial charge in [-0.1, -0.05) is 12.1 Å². The quantitative estimate of drug-likeness (QED) is 0.769. The van der Waals surface area contributed by atoms with Crippen LogP contribution in [0.3, 0.4) is 0 Å². The lowest BCUT2D eigenvalue weighted by Gasteiger charge is -2.56. The van der Waals surface area contributed by atoms with Crippen LogP contribution in [0.4, 0.5) is 4.39 Å². The van der Waals surface area contributed by atoms with E-state index in [-0.39, 0.29) is 23.2 Å². The highest BCUT2D eigenvalue weighted by Gasteiger charge is 2.51. The summed E-state index contributed by atoms with van der Waals surface area (Å²) in [5.41, 5.74) is 1.37. The predicted octanol–water partition coefficient (Wildman–Crippen LogP) is 2.50. The first-order valence-corrected chi connectivity index (χ1v) is 11.5. The Labute approximate surface area is 173 Å². The number of hydrogen-bond acceptors (Lipinski definition) is 2. The number of amides is 1. The van der Waals surface area contributed by atoms with Gasteiger partial charge < -0.3 is 15.0 Å². The van der Waals surface area contributed by atoms with E-state index in [9.17, 15) is 9.18 Å². The van der Waals surface area contributed by atoms with Gasteiger partial charge in [0.15, 0.2) is 0 Å². The summed E-state index contributed by atoms with van der Waals surface area (Å²) in [5, 5.41) is 3.27. The van der Waals surface area contributed by atoms with Gasteiger partial charge in [-0.05, 0) is 73.8 Å². The molecule has 6 rings (SSSR count). The van der Waals surface area contributed by atoms with Crippen LogP contribution in [0.2, 0.25) is 0 Å².